The number of fused-ring (bicyclic) bond motifs is 1. The molecule has 1 aliphatic carbocycles. The second kappa shape index (κ2) is 9.89. The smallest absolute Gasteiger partial charge is 0.322 e. The number of anilines is 1. The number of ether oxygens (including phenoxy) is 1. The van der Waals surface area contributed by atoms with Gasteiger partial charge in [-0.1, -0.05) is 31.0 Å². The van der Waals surface area contributed by atoms with Crippen molar-refractivity contribution in [2.24, 2.45) is 11.8 Å². The van der Waals surface area contributed by atoms with Gasteiger partial charge in [-0.15, -0.1) is 0 Å². The van der Waals surface area contributed by atoms with Crippen LogP contribution in [0.5, 0.6) is 11.8 Å². The van der Waals surface area contributed by atoms with Crippen LogP contribution in [0.3, 0.4) is 0 Å². The molecule has 3 amide bonds. The Morgan fingerprint density at radius 2 is 1.61 bits per heavy atom. The van der Waals surface area contributed by atoms with Crippen LogP contribution in [0, 0.1) is 25.7 Å². The zero-order valence-corrected chi connectivity index (χ0v) is 20.4. The van der Waals surface area contributed by atoms with Crippen molar-refractivity contribution in [1.29, 1.82) is 0 Å². The zero-order valence-electron chi connectivity index (χ0n) is 20.4. The monoisotopic (exact) mass is 484 g/mol. The van der Waals surface area contributed by atoms with Crippen molar-refractivity contribution in [3.63, 3.8) is 0 Å². The summed E-state index contributed by atoms with van der Waals surface area (Å²) >= 11 is 0. The van der Waals surface area contributed by atoms with E-state index in [9.17, 15) is 14.4 Å². The molecule has 1 fully saturated rings. The number of aromatic nitrogens is 2. The third-order valence-electron chi connectivity index (χ3n) is 6.81. The van der Waals surface area contributed by atoms with Crippen LogP contribution >= 0.6 is 0 Å². The highest BCUT2D eigenvalue weighted by atomic mass is 16.5. The molecule has 1 N–H and O–H groups in total. The van der Waals surface area contributed by atoms with Gasteiger partial charge in [0.2, 0.25) is 5.91 Å². The minimum atomic E-state index is -0.296. The number of nitrogens with one attached hydrogen (secondary N) is 1. The molecule has 8 heteroatoms. The van der Waals surface area contributed by atoms with E-state index in [1.807, 2.05) is 19.9 Å². The zero-order chi connectivity index (χ0) is 25.2. The Kier molecular flexibility index (Phi) is 6.50. The predicted molar refractivity (Wildman–Crippen MR) is 134 cm³/mol. The lowest BCUT2D eigenvalue weighted by Crippen LogP contribution is -2.41. The molecular formula is C28H28N4O4. The van der Waals surface area contributed by atoms with Crippen molar-refractivity contribution in [2.75, 3.05) is 11.9 Å². The first-order valence-corrected chi connectivity index (χ1v) is 12.3. The molecule has 1 aromatic heterocycles. The molecule has 3 aromatic rings. The molecular weight excluding hydrogens is 456 g/mol. The number of rotatable bonds is 6. The van der Waals surface area contributed by atoms with Gasteiger partial charge in [0.25, 0.3) is 11.8 Å². The maximum absolute atomic E-state index is 13.3. The van der Waals surface area contributed by atoms with Crippen molar-refractivity contribution < 1.29 is 19.1 Å². The highest BCUT2D eigenvalue weighted by Crippen LogP contribution is 2.34. The minimum absolute atomic E-state index is 0.0935. The minimum Gasteiger partial charge on any atom is -0.424 e. The van der Waals surface area contributed by atoms with E-state index in [0.717, 1.165) is 30.7 Å². The van der Waals surface area contributed by atoms with Gasteiger partial charge in [-0.3, -0.25) is 19.3 Å². The van der Waals surface area contributed by atoms with E-state index in [2.05, 4.69) is 15.3 Å². The van der Waals surface area contributed by atoms with Crippen LogP contribution in [-0.2, 0) is 4.79 Å². The highest BCUT2D eigenvalue weighted by molar-refractivity contribution is 6.21. The van der Waals surface area contributed by atoms with Crippen LogP contribution in [0.15, 0.2) is 54.6 Å². The number of amides is 3. The van der Waals surface area contributed by atoms with Crippen LogP contribution in [0.2, 0.25) is 0 Å². The molecule has 2 unspecified atom stereocenters. The third kappa shape index (κ3) is 4.84. The lowest BCUT2D eigenvalue weighted by molar-refractivity contribution is -0.122. The quantitative estimate of drug-likeness (QED) is 0.498. The molecule has 0 bridgehead atoms. The summed E-state index contributed by atoms with van der Waals surface area (Å²) in [7, 11) is 0. The average Bonchev–Trinajstić information content (AvgIpc) is 3.09. The van der Waals surface area contributed by atoms with Crippen LogP contribution in [0.1, 0.15) is 57.8 Å². The van der Waals surface area contributed by atoms with Crippen molar-refractivity contribution in [2.45, 2.75) is 39.5 Å². The van der Waals surface area contributed by atoms with Gasteiger partial charge in [0.15, 0.2) is 0 Å². The normalized spacial score (nSPS) is 19.2. The number of carbonyl (C=O) groups excluding carboxylic acids is 3. The molecule has 2 aliphatic rings. The number of imide groups is 1. The summed E-state index contributed by atoms with van der Waals surface area (Å²) in [5.41, 5.74) is 3.09. The Hall–Kier alpha value is -4.07. The van der Waals surface area contributed by atoms with Crippen LogP contribution in [0.25, 0.3) is 0 Å². The Balaban J connectivity index is 1.28. The fraction of sp³-hybridized carbons (Fsp3) is 0.321. The molecule has 2 aromatic carbocycles. The fourth-order valence-corrected chi connectivity index (χ4v) is 5.13. The van der Waals surface area contributed by atoms with E-state index < -0.39 is 0 Å². The van der Waals surface area contributed by atoms with Gasteiger partial charge in [0, 0.05) is 35.6 Å². The molecule has 5 rings (SSSR count). The fourth-order valence-electron chi connectivity index (χ4n) is 5.13. The average molecular weight is 485 g/mol. The number of aryl methyl sites for hydroxylation is 2. The summed E-state index contributed by atoms with van der Waals surface area (Å²) in [6.07, 6.45) is 3.41. The van der Waals surface area contributed by atoms with Gasteiger partial charge in [-0.05, 0) is 62.9 Å². The first-order valence-electron chi connectivity index (χ1n) is 12.3. The number of hydrogen-bond acceptors (Lipinski definition) is 6. The number of carbonyl (C=O) groups is 3. The molecule has 0 saturated heterocycles. The summed E-state index contributed by atoms with van der Waals surface area (Å²) in [6.45, 7) is 4.00. The molecule has 184 valence electrons. The van der Waals surface area contributed by atoms with Crippen molar-refractivity contribution >= 4 is 23.4 Å². The van der Waals surface area contributed by atoms with E-state index in [0.29, 0.717) is 29.0 Å². The molecule has 2 heterocycles. The number of hydrogen-bond donors (Lipinski definition) is 1. The number of benzene rings is 2. The second-order valence-corrected chi connectivity index (χ2v) is 9.47. The molecule has 1 aliphatic heterocycles. The SMILES string of the molecule is Cc1cc(C)nc(Oc2cccc(NC(=O)C3CCCCC3CN3C(=O)c4ccccc4C3=O)c2)n1. The van der Waals surface area contributed by atoms with Gasteiger partial charge in [-0.25, -0.2) is 9.97 Å². The maximum atomic E-state index is 13.3. The maximum Gasteiger partial charge on any atom is 0.322 e. The molecule has 2 atom stereocenters. The van der Waals surface area contributed by atoms with Gasteiger partial charge in [-0.2, -0.15) is 0 Å². The van der Waals surface area contributed by atoms with E-state index in [4.69, 9.17) is 4.74 Å². The standard InChI is InChI=1S/C28H28N4O4/c1-17-14-18(2)30-28(29-17)36-21-10-7-9-20(15-21)31-25(33)22-11-4-3-8-19(22)16-32-26(34)23-12-5-6-13-24(23)27(32)35/h5-7,9-10,12-15,19,22H,3-4,8,11,16H2,1-2H3,(H,31,33). The van der Waals surface area contributed by atoms with E-state index in [1.54, 1.807) is 48.5 Å². The first kappa shape index (κ1) is 23.7. The lowest BCUT2D eigenvalue weighted by Gasteiger charge is -2.32. The van der Waals surface area contributed by atoms with E-state index in [-0.39, 0.29) is 42.1 Å². The summed E-state index contributed by atoms with van der Waals surface area (Å²) in [5.74, 6) is -0.544. The number of nitrogens with zero attached hydrogens (tertiary/aromatic N) is 3. The molecule has 0 spiro atoms. The first-order chi connectivity index (χ1) is 17.4. The van der Waals surface area contributed by atoms with Crippen molar-refractivity contribution in [3.05, 3.63) is 77.1 Å². The van der Waals surface area contributed by atoms with Crippen molar-refractivity contribution in [3.8, 4) is 11.8 Å². The van der Waals surface area contributed by atoms with Crippen LogP contribution in [-0.4, -0.2) is 39.1 Å². The predicted octanol–water partition coefficient (Wildman–Crippen LogP) is 4.93. The Morgan fingerprint density at radius 1 is 0.944 bits per heavy atom. The lowest BCUT2D eigenvalue weighted by atomic mass is 9.78. The van der Waals surface area contributed by atoms with Gasteiger partial charge < -0.3 is 10.1 Å². The van der Waals surface area contributed by atoms with E-state index >= 15 is 0 Å². The Bertz CT molecular complexity index is 1280. The summed E-state index contributed by atoms with van der Waals surface area (Å²) in [5, 5.41) is 3.01. The van der Waals surface area contributed by atoms with Crippen LogP contribution in [0.4, 0.5) is 5.69 Å². The van der Waals surface area contributed by atoms with Gasteiger partial charge in [0.05, 0.1) is 11.1 Å². The van der Waals surface area contributed by atoms with E-state index in [1.165, 1.54) is 4.90 Å². The largest absolute Gasteiger partial charge is 0.424 e. The molecule has 0 radical (unpaired) electrons. The topological polar surface area (TPSA) is 101 Å². The Morgan fingerprint density at radius 3 is 2.31 bits per heavy atom. The summed E-state index contributed by atoms with van der Waals surface area (Å²) < 4.78 is 5.82. The molecule has 36 heavy (non-hydrogen) atoms. The van der Waals surface area contributed by atoms with Gasteiger partial charge in [0.1, 0.15) is 5.75 Å². The summed E-state index contributed by atoms with van der Waals surface area (Å²) in [4.78, 5) is 48.9. The van der Waals surface area contributed by atoms with Crippen LogP contribution < -0.4 is 10.1 Å². The summed E-state index contributed by atoms with van der Waals surface area (Å²) in [6, 6.07) is 16.1. The highest BCUT2D eigenvalue weighted by Gasteiger charge is 2.40. The Labute approximate surface area is 209 Å². The second-order valence-electron chi connectivity index (χ2n) is 9.47. The van der Waals surface area contributed by atoms with Gasteiger partial charge >= 0.3 is 6.01 Å². The third-order valence-corrected chi connectivity index (χ3v) is 6.81. The molecule has 8 nitrogen and oxygen atoms in total. The molecule has 1 saturated carbocycles. The van der Waals surface area contributed by atoms with Crippen molar-refractivity contribution in [1.82, 2.24) is 14.9 Å².